The Kier molecular flexibility index (Phi) is 6.54. The second kappa shape index (κ2) is 8.92. The molecule has 0 heterocycles. The number of ether oxygens (including phenoxy) is 2. The van der Waals surface area contributed by atoms with Crippen LogP contribution in [-0.2, 0) is 4.74 Å². The Bertz CT molecular complexity index is 547. The molecule has 5 nitrogen and oxygen atoms in total. The van der Waals surface area contributed by atoms with E-state index in [0.717, 1.165) is 5.75 Å². The maximum absolute atomic E-state index is 9.81. The molecule has 2 aromatic carbocycles. The van der Waals surface area contributed by atoms with Crippen molar-refractivity contribution in [3.05, 3.63) is 54.6 Å². The number of phenolic OH excluding ortho intramolecular Hbond substituents is 1. The second-order valence-electron chi connectivity index (χ2n) is 4.79. The molecule has 1 atom stereocenters. The average molecular weight is 303 g/mol. The van der Waals surface area contributed by atoms with Crippen LogP contribution in [0.2, 0.25) is 0 Å². The standard InChI is InChI=1S/C17H21NO4/c19-14(12-18-16-8-4-5-9-17(16)20)13-21-10-11-22-15-6-2-1-3-7-15/h1-9,14,18-20H,10-13H2. The molecule has 0 aliphatic heterocycles. The van der Waals surface area contributed by atoms with Crippen molar-refractivity contribution in [2.24, 2.45) is 0 Å². The predicted octanol–water partition coefficient (Wildman–Crippen LogP) is 2.26. The summed E-state index contributed by atoms with van der Waals surface area (Å²) < 4.78 is 10.8. The number of para-hydroxylation sites is 3. The second-order valence-corrected chi connectivity index (χ2v) is 4.79. The Morgan fingerprint density at radius 3 is 2.45 bits per heavy atom. The number of benzene rings is 2. The van der Waals surface area contributed by atoms with Gasteiger partial charge in [-0.05, 0) is 24.3 Å². The van der Waals surface area contributed by atoms with Crippen LogP contribution in [0.25, 0.3) is 0 Å². The van der Waals surface area contributed by atoms with Gasteiger partial charge in [-0.1, -0.05) is 30.3 Å². The first-order valence-electron chi connectivity index (χ1n) is 7.21. The van der Waals surface area contributed by atoms with Gasteiger partial charge in [0.05, 0.1) is 25.0 Å². The van der Waals surface area contributed by atoms with Gasteiger partial charge in [0.25, 0.3) is 0 Å². The van der Waals surface area contributed by atoms with Crippen molar-refractivity contribution in [1.82, 2.24) is 0 Å². The van der Waals surface area contributed by atoms with Crippen molar-refractivity contribution in [3.8, 4) is 11.5 Å². The highest BCUT2D eigenvalue weighted by atomic mass is 16.5. The summed E-state index contributed by atoms with van der Waals surface area (Å²) in [4.78, 5) is 0. The molecular formula is C17H21NO4. The third-order valence-electron chi connectivity index (χ3n) is 2.98. The lowest BCUT2D eigenvalue weighted by atomic mass is 10.3. The molecule has 0 radical (unpaired) electrons. The smallest absolute Gasteiger partial charge is 0.138 e. The molecule has 1 unspecified atom stereocenters. The van der Waals surface area contributed by atoms with Crippen molar-refractivity contribution in [2.75, 3.05) is 31.7 Å². The van der Waals surface area contributed by atoms with Crippen molar-refractivity contribution < 1.29 is 19.7 Å². The minimum absolute atomic E-state index is 0.159. The molecule has 0 bridgehead atoms. The largest absolute Gasteiger partial charge is 0.506 e. The van der Waals surface area contributed by atoms with Crippen LogP contribution in [0.1, 0.15) is 0 Å². The van der Waals surface area contributed by atoms with Gasteiger partial charge < -0.3 is 25.0 Å². The van der Waals surface area contributed by atoms with Crippen molar-refractivity contribution in [1.29, 1.82) is 0 Å². The quantitative estimate of drug-likeness (QED) is 0.489. The number of hydrogen-bond donors (Lipinski definition) is 3. The molecule has 0 spiro atoms. The summed E-state index contributed by atoms with van der Waals surface area (Å²) in [6.07, 6.45) is -0.656. The summed E-state index contributed by atoms with van der Waals surface area (Å²) in [6.45, 7) is 1.35. The van der Waals surface area contributed by atoms with E-state index in [2.05, 4.69) is 5.32 Å². The van der Waals surface area contributed by atoms with Gasteiger partial charge in [-0.25, -0.2) is 0 Å². The topological polar surface area (TPSA) is 71.0 Å². The molecule has 0 amide bonds. The van der Waals surface area contributed by atoms with E-state index in [4.69, 9.17) is 9.47 Å². The minimum atomic E-state index is -0.656. The molecule has 2 aromatic rings. The van der Waals surface area contributed by atoms with Crippen LogP contribution < -0.4 is 10.1 Å². The summed E-state index contributed by atoms with van der Waals surface area (Å²) in [7, 11) is 0. The lowest BCUT2D eigenvalue weighted by Gasteiger charge is -2.14. The molecule has 0 aromatic heterocycles. The van der Waals surface area contributed by atoms with Crippen LogP contribution in [0.4, 0.5) is 5.69 Å². The first kappa shape index (κ1) is 16.1. The molecule has 0 aliphatic carbocycles. The normalized spacial score (nSPS) is 11.9. The number of hydrogen-bond acceptors (Lipinski definition) is 5. The van der Waals surface area contributed by atoms with E-state index in [1.54, 1.807) is 18.2 Å². The number of aromatic hydroxyl groups is 1. The van der Waals surface area contributed by atoms with E-state index in [9.17, 15) is 10.2 Å². The van der Waals surface area contributed by atoms with Crippen LogP contribution in [0.3, 0.4) is 0 Å². The zero-order valence-electron chi connectivity index (χ0n) is 12.3. The number of anilines is 1. The number of rotatable bonds is 9. The molecular weight excluding hydrogens is 282 g/mol. The van der Waals surface area contributed by atoms with Gasteiger partial charge in [0.1, 0.15) is 18.1 Å². The fourth-order valence-electron chi connectivity index (χ4n) is 1.86. The van der Waals surface area contributed by atoms with Crippen LogP contribution in [0, 0.1) is 0 Å². The lowest BCUT2D eigenvalue weighted by molar-refractivity contribution is 0.0304. The Morgan fingerprint density at radius 2 is 1.68 bits per heavy atom. The summed E-state index contributed by atoms with van der Waals surface area (Å²) in [5.41, 5.74) is 0.592. The molecule has 5 heteroatoms. The first-order valence-corrected chi connectivity index (χ1v) is 7.21. The molecule has 118 valence electrons. The minimum Gasteiger partial charge on any atom is -0.506 e. The first-order chi connectivity index (χ1) is 10.8. The third kappa shape index (κ3) is 5.63. The highest BCUT2D eigenvalue weighted by Gasteiger charge is 2.06. The molecule has 22 heavy (non-hydrogen) atoms. The van der Waals surface area contributed by atoms with E-state index in [1.165, 1.54) is 0 Å². The van der Waals surface area contributed by atoms with Gasteiger partial charge in [-0.2, -0.15) is 0 Å². The fraction of sp³-hybridized carbons (Fsp3) is 0.294. The molecule has 3 N–H and O–H groups in total. The molecule has 0 saturated heterocycles. The van der Waals surface area contributed by atoms with Crippen LogP contribution in [-0.4, -0.2) is 42.7 Å². The van der Waals surface area contributed by atoms with Gasteiger partial charge in [0, 0.05) is 6.54 Å². The SMILES string of the molecule is Oc1ccccc1NCC(O)COCCOc1ccccc1. The average Bonchev–Trinajstić information content (AvgIpc) is 2.55. The number of aliphatic hydroxyl groups is 1. The van der Waals surface area contributed by atoms with E-state index < -0.39 is 6.10 Å². The van der Waals surface area contributed by atoms with Gasteiger partial charge in [-0.15, -0.1) is 0 Å². The fourth-order valence-corrected chi connectivity index (χ4v) is 1.86. The Hall–Kier alpha value is -2.24. The van der Waals surface area contributed by atoms with Crippen LogP contribution in [0.5, 0.6) is 11.5 Å². The van der Waals surface area contributed by atoms with Gasteiger partial charge in [-0.3, -0.25) is 0 Å². The molecule has 0 saturated carbocycles. The molecule has 2 rings (SSSR count). The summed E-state index contributed by atoms with van der Waals surface area (Å²) in [6, 6.07) is 16.4. The summed E-state index contributed by atoms with van der Waals surface area (Å²) in [5, 5.41) is 22.4. The van der Waals surface area contributed by atoms with E-state index in [0.29, 0.717) is 25.4 Å². The molecule has 0 fully saturated rings. The van der Waals surface area contributed by atoms with Crippen molar-refractivity contribution >= 4 is 5.69 Å². The predicted molar refractivity (Wildman–Crippen MR) is 85.4 cm³/mol. The molecule has 0 aliphatic rings. The van der Waals surface area contributed by atoms with Crippen molar-refractivity contribution in [2.45, 2.75) is 6.10 Å². The monoisotopic (exact) mass is 303 g/mol. The summed E-state index contributed by atoms with van der Waals surface area (Å²) >= 11 is 0. The zero-order chi connectivity index (χ0) is 15.6. The van der Waals surface area contributed by atoms with Gasteiger partial charge in [0.2, 0.25) is 0 Å². The highest BCUT2D eigenvalue weighted by Crippen LogP contribution is 2.21. The number of nitrogens with one attached hydrogen (secondary N) is 1. The zero-order valence-corrected chi connectivity index (χ0v) is 12.3. The van der Waals surface area contributed by atoms with Gasteiger partial charge >= 0.3 is 0 Å². The lowest BCUT2D eigenvalue weighted by Crippen LogP contribution is -2.25. The van der Waals surface area contributed by atoms with E-state index in [1.807, 2.05) is 36.4 Å². The maximum Gasteiger partial charge on any atom is 0.138 e. The van der Waals surface area contributed by atoms with Gasteiger partial charge in [0.15, 0.2) is 0 Å². The Morgan fingerprint density at radius 1 is 0.955 bits per heavy atom. The Labute approximate surface area is 130 Å². The Balaban J connectivity index is 1.56. The number of phenols is 1. The number of aliphatic hydroxyl groups excluding tert-OH is 1. The van der Waals surface area contributed by atoms with Crippen LogP contribution >= 0.6 is 0 Å². The third-order valence-corrected chi connectivity index (χ3v) is 2.98. The van der Waals surface area contributed by atoms with E-state index in [-0.39, 0.29) is 12.4 Å². The summed E-state index contributed by atoms with van der Waals surface area (Å²) in [5.74, 6) is 0.958. The maximum atomic E-state index is 9.81. The van der Waals surface area contributed by atoms with Crippen LogP contribution in [0.15, 0.2) is 54.6 Å². The van der Waals surface area contributed by atoms with E-state index >= 15 is 0 Å². The highest BCUT2D eigenvalue weighted by molar-refractivity contribution is 5.55. The van der Waals surface area contributed by atoms with Crippen molar-refractivity contribution in [3.63, 3.8) is 0 Å².